The first kappa shape index (κ1) is 16.3. The minimum atomic E-state index is -0.455. The third kappa shape index (κ3) is 5.93. The van der Waals surface area contributed by atoms with E-state index in [1.54, 1.807) is 13.8 Å². The SMILES string of the molecule is COC(=O)/C=C(\C)[C@@H](C)OC(=O)CSc1ccccc1. The Balaban J connectivity index is 2.42. The summed E-state index contributed by atoms with van der Waals surface area (Å²) in [5.41, 5.74) is 0.648. The largest absolute Gasteiger partial charge is 0.466 e. The van der Waals surface area contributed by atoms with E-state index in [1.165, 1.54) is 24.9 Å². The lowest BCUT2D eigenvalue weighted by Gasteiger charge is -2.13. The van der Waals surface area contributed by atoms with Gasteiger partial charge in [-0.25, -0.2) is 4.79 Å². The first-order chi connectivity index (χ1) is 9.52. The molecule has 0 aromatic heterocycles. The molecular weight excluding hydrogens is 276 g/mol. The lowest BCUT2D eigenvalue weighted by molar-refractivity contribution is -0.143. The highest BCUT2D eigenvalue weighted by Crippen LogP contribution is 2.17. The molecule has 0 aliphatic rings. The Morgan fingerprint density at radius 2 is 1.95 bits per heavy atom. The fraction of sp³-hybridized carbons (Fsp3) is 0.333. The minimum absolute atomic E-state index is 0.236. The van der Waals surface area contributed by atoms with E-state index >= 15 is 0 Å². The Labute approximate surface area is 123 Å². The van der Waals surface area contributed by atoms with Gasteiger partial charge in [-0.2, -0.15) is 0 Å². The number of carbonyl (C=O) groups excluding carboxylic acids is 2. The molecule has 5 heteroatoms. The number of benzene rings is 1. The van der Waals surface area contributed by atoms with Crippen LogP contribution in [0.5, 0.6) is 0 Å². The number of thioether (sulfide) groups is 1. The number of carbonyl (C=O) groups is 2. The molecule has 0 saturated carbocycles. The highest BCUT2D eigenvalue weighted by molar-refractivity contribution is 8.00. The number of methoxy groups -OCH3 is 1. The summed E-state index contributed by atoms with van der Waals surface area (Å²) in [7, 11) is 1.30. The van der Waals surface area contributed by atoms with Crippen molar-refractivity contribution in [3.8, 4) is 0 Å². The number of hydrogen-bond donors (Lipinski definition) is 0. The molecule has 0 spiro atoms. The predicted molar refractivity (Wildman–Crippen MR) is 78.5 cm³/mol. The Kier molecular flexibility index (Phi) is 6.87. The van der Waals surface area contributed by atoms with E-state index in [1.807, 2.05) is 30.3 Å². The average molecular weight is 294 g/mol. The molecule has 0 unspecified atom stereocenters. The molecule has 20 heavy (non-hydrogen) atoms. The van der Waals surface area contributed by atoms with Gasteiger partial charge >= 0.3 is 11.9 Å². The number of esters is 2. The molecule has 0 amide bonds. The van der Waals surface area contributed by atoms with Crippen molar-refractivity contribution in [1.29, 1.82) is 0 Å². The van der Waals surface area contributed by atoms with Crippen molar-refractivity contribution in [2.75, 3.05) is 12.9 Å². The first-order valence-electron chi connectivity index (χ1n) is 6.16. The maximum absolute atomic E-state index is 11.7. The highest BCUT2D eigenvalue weighted by atomic mass is 32.2. The van der Waals surface area contributed by atoms with Gasteiger partial charge in [-0.15, -0.1) is 11.8 Å². The van der Waals surface area contributed by atoms with E-state index in [0.717, 1.165) is 4.90 Å². The summed E-state index contributed by atoms with van der Waals surface area (Å²) in [6.45, 7) is 3.44. The van der Waals surface area contributed by atoms with Crippen molar-refractivity contribution < 1.29 is 19.1 Å². The van der Waals surface area contributed by atoms with Crippen LogP contribution in [0.4, 0.5) is 0 Å². The molecule has 1 rings (SSSR count). The van der Waals surface area contributed by atoms with Gasteiger partial charge in [-0.3, -0.25) is 4.79 Å². The molecule has 4 nitrogen and oxygen atoms in total. The molecule has 0 aliphatic heterocycles. The zero-order valence-corrected chi connectivity index (χ0v) is 12.6. The molecule has 0 radical (unpaired) electrons. The summed E-state index contributed by atoms with van der Waals surface area (Å²) in [5.74, 6) is -0.534. The molecule has 108 valence electrons. The molecule has 0 fully saturated rings. The topological polar surface area (TPSA) is 52.6 Å². The fourth-order valence-corrected chi connectivity index (χ4v) is 2.05. The van der Waals surface area contributed by atoms with E-state index in [0.29, 0.717) is 5.57 Å². The second kappa shape index (κ2) is 8.43. The van der Waals surface area contributed by atoms with Crippen LogP contribution in [0.3, 0.4) is 0 Å². The maximum Gasteiger partial charge on any atom is 0.330 e. The van der Waals surface area contributed by atoms with Crippen LogP contribution >= 0.6 is 11.8 Å². The van der Waals surface area contributed by atoms with Crippen molar-refractivity contribution in [3.05, 3.63) is 42.0 Å². The van der Waals surface area contributed by atoms with E-state index in [-0.39, 0.29) is 11.7 Å². The normalized spacial score (nSPS) is 12.7. The maximum atomic E-state index is 11.7. The second-order valence-corrected chi connectivity index (χ2v) is 5.19. The zero-order valence-electron chi connectivity index (χ0n) is 11.8. The van der Waals surface area contributed by atoms with Gasteiger partial charge in [0, 0.05) is 11.0 Å². The number of rotatable bonds is 6. The summed E-state index contributed by atoms with van der Waals surface area (Å²) in [5, 5.41) is 0. The Morgan fingerprint density at radius 3 is 2.55 bits per heavy atom. The van der Waals surface area contributed by atoms with Gasteiger partial charge in [0.05, 0.1) is 12.9 Å². The Morgan fingerprint density at radius 1 is 1.30 bits per heavy atom. The van der Waals surface area contributed by atoms with Crippen molar-refractivity contribution in [2.24, 2.45) is 0 Å². The molecule has 0 N–H and O–H groups in total. The fourth-order valence-electron chi connectivity index (χ4n) is 1.35. The highest BCUT2D eigenvalue weighted by Gasteiger charge is 2.12. The molecule has 1 atom stereocenters. The molecule has 0 heterocycles. The van der Waals surface area contributed by atoms with Crippen molar-refractivity contribution >= 4 is 23.7 Å². The lowest BCUT2D eigenvalue weighted by atomic mass is 10.2. The molecule has 1 aromatic rings. The molecular formula is C15H18O4S. The molecule has 0 saturated heterocycles. The van der Waals surface area contributed by atoms with Crippen LogP contribution in [0.2, 0.25) is 0 Å². The molecule has 0 aliphatic carbocycles. The average Bonchev–Trinajstić information content (AvgIpc) is 2.45. The number of hydrogen-bond acceptors (Lipinski definition) is 5. The van der Waals surface area contributed by atoms with Crippen LogP contribution in [-0.4, -0.2) is 30.9 Å². The van der Waals surface area contributed by atoms with Crippen LogP contribution in [0.15, 0.2) is 46.9 Å². The Hall–Kier alpha value is -1.75. The summed E-state index contributed by atoms with van der Waals surface area (Å²) >= 11 is 1.42. The quantitative estimate of drug-likeness (QED) is 0.459. The van der Waals surface area contributed by atoms with Crippen LogP contribution in [0.1, 0.15) is 13.8 Å². The van der Waals surface area contributed by atoms with Crippen molar-refractivity contribution in [2.45, 2.75) is 24.8 Å². The molecule has 1 aromatic carbocycles. The van der Waals surface area contributed by atoms with Crippen LogP contribution in [0, 0.1) is 0 Å². The first-order valence-corrected chi connectivity index (χ1v) is 7.15. The summed E-state index contributed by atoms with van der Waals surface area (Å²) in [4.78, 5) is 23.8. The smallest absolute Gasteiger partial charge is 0.330 e. The molecule has 0 bridgehead atoms. The van der Waals surface area contributed by atoms with Crippen molar-refractivity contribution in [3.63, 3.8) is 0 Å². The van der Waals surface area contributed by atoms with E-state index in [4.69, 9.17) is 4.74 Å². The standard InChI is InChI=1S/C15H18O4S/c1-11(9-14(16)18-3)12(2)19-15(17)10-20-13-7-5-4-6-8-13/h4-9,12H,10H2,1-3H3/b11-9+/t12-/m1/s1. The van der Waals surface area contributed by atoms with Gasteiger partial charge < -0.3 is 9.47 Å². The van der Waals surface area contributed by atoms with Crippen LogP contribution in [0.25, 0.3) is 0 Å². The van der Waals surface area contributed by atoms with Crippen LogP contribution < -0.4 is 0 Å². The monoisotopic (exact) mass is 294 g/mol. The number of ether oxygens (including phenoxy) is 2. The minimum Gasteiger partial charge on any atom is -0.466 e. The van der Waals surface area contributed by atoms with Crippen LogP contribution in [-0.2, 0) is 19.1 Å². The van der Waals surface area contributed by atoms with E-state index < -0.39 is 12.1 Å². The van der Waals surface area contributed by atoms with Crippen molar-refractivity contribution in [1.82, 2.24) is 0 Å². The van der Waals surface area contributed by atoms with Gasteiger partial charge in [0.15, 0.2) is 0 Å². The van der Waals surface area contributed by atoms with Gasteiger partial charge in [-0.1, -0.05) is 18.2 Å². The third-order valence-electron chi connectivity index (χ3n) is 2.60. The summed E-state index contributed by atoms with van der Waals surface area (Å²) < 4.78 is 9.76. The zero-order chi connectivity index (χ0) is 15.0. The van der Waals surface area contributed by atoms with E-state index in [9.17, 15) is 9.59 Å². The van der Waals surface area contributed by atoms with Gasteiger partial charge in [-0.05, 0) is 31.6 Å². The Bertz CT molecular complexity index is 482. The summed E-state index contributed by atoms with van der Waals surface area (Å²) in [6.07, 6.45) is 0.875. The van der Waals surface area contributed by atoms with E-state index in [2.05, 4.69) is 4.74 Å². The lowest BCUT2D eigenvalue weighted by Crippen LogP contribution is -2.18. The third-order valence-corrected chi connectivity index (χ3v) is 3.58. The van der Waals surface area contributed by atoms with Gasteiger partial charge in [0.25, 0.3) is 0 Å². The van der Waals surface area contributed by atoms with Gasteiger partial charge in [0.1, 0.15) is 6.10 Å². The van der Waals surface area contributed by atoms with Gasteiger partial charge in [0.2, 0.25) is 0 Å². The summed E-state index contributed by atoms with van der Waals surface area (Å²) in [6, 6.07) is 9.62. The predicted octanol–water partition coefficient (Wildman–Crippen LogP) is 2.83. The second-order valence-electron chi connectivity index (χ2n) is 4.15.